The Morgan fingerprint density at radius 2 is 2.18 bits per heavy atom. The molecular weight excluding hydrogens is 276 g/mol. The monoisotopic (exact) mass is 296 g/mol. The van der Waals surface area contributed by atoms with Crippen molar-refractivity contribution >= 4 is 11.6 Å². The summed E-state index contributed by atoms with van der Waals surface area (Å²) in [5.41, 5.74) is 2.64. The van der Waals surface area contributed by atoms with Gasteiger partial charge in [0.05, 0.1) is 5.69 Å². The minimum absolute atomic E-state index is 0.0196. The van der Waals surface area contributed by atoms with Crippen LogP contribution in [0.4, 0.5) is 5.69 Å². The fourth-order valence-electron chi connectivity index (χ4n) is 2.51. The van der Waals surface area contributed by atoms with Gasteiger partial charge in [0.25, 0.3) is 0 Å². The van der Waals surface area contributed by atoms with Crippen molar-refractivity contribution in [3.05, 3.63) is 42.4 Å². The van der Waals surface area contributed by atoms with Gasteiger partial charge in [0.2, 0.25) is 5.91 Å². The molecule has 22 heavy (non-hydrogen) atoms. The predicted molar refractivity (Wildman–Crippen MR) is 86.4 cm³/mol. The number of anilines is 1. The van der Waals surface area contributed by atoms with Crippen LogP contribution in [0.25, 0.3) is 11.3 Å². The molecule has 1 aliphatic heterocycles. The molecule has 2 heterocycles. The molecule has 2 aromatic rings. The second kappa shape index (κ2) is 6.23. The summed E-state index contributed by atoms with van der Waals surface area (Å²) >= 11 is 0. The number of aryl methyl sites for hydroxylation is 1. The minimum atomic E-state index is 0.0196. The molecule has 2 N–H and O–H groups in total. The fraction of sp³-hybridized carbons (Fsp3) is 0.353. The molecule has 1 aromatic heterocycles. The van der Waals surface area contributed by atoms with E-state index >= 15 is 0 Å². The molecule has 1 unspecified atom stereocenters. The van der Waals surface area contributed by atoms with Crippen LogP contribution >= 0.6 is 0 Å². The third kappa shape index (κ3) is 3.14. The SMILES string of the molecule is Cc1nccc(-c2cccc(NC(=O)C(C)C3CNC3)c2)n1. The van der Waals surface area contributed by atoms with Gasteiger partial charge in [-0.2, -0.15) is 0 Å². The van der Waals surface area contributed by atoms with Crippen LogP contribution in [-0.4, -0.2) is 29.0 Å². The van der Waals surface area contributed by atoms with Gasteiger partial charge in [0.15, 0.2) is 0 Å². The highest BCUT2D eigenvalue weighted by Gasteiger charge is 2.28. The van der Waals surface area contributed by atoms with Crippen molar-refractivity contribution in [2.24, 2.45) is 11.8 Å². The highest BCUT2D eigenvalue weighted by Crippen LogP contribution is 2.22. The first-order valence-electron chi connectivity index (χ1n) is 7.55. The Bertz CT molecular complexity index is 682. The zero-order valence-electron chi connectivity index (χ0n) is 12.8. The van der Waals surface area contributed by atoms with E-state index in [1.165, 1.54) is 0 Å². The minimum Gasteiger partial charge on any atom is -0.326 e. The zero-order valence-corrected chi connectivity index (χ0v) is 12.8. The second-order valence-electron chi connectivity index (χ2n) is 5.77. The summed E-state index contributed by atoms with van der Waals surface area (Å²) in [5.74, 6) is 1.26. The molecule has 5 heteroatoms. The van der Waals surface area contributed by atoms with Gasteiger partial charge in [-0.05, 0) is 44.1 Å². The molecule has 1 aliphatic rings. The summed E-state index contributed by atoms with van der Waals surface area (Å²) in [6, 6.07) is 9.64. The van der Waals surface area contributed by atoms with Crippen molar-refractivity contribution in [3.63, 3.8) is 0 Å². The van der Waals surface area contributed by atoms with Gasteiger partial charge in [0.1, 0.15) is 5.82 Å². The molecule has 1 amide bonds. The van der Waals surface area contributed by atoms with Crippen molar-refractivity contribution in [1.29, 1.82) is 0 Å². The number of benzene rings is 1. The summed E-state index contributed by atoms with van der Waals surface area (Å²) < 4.78 is 0. The summed E-state index contributed by atoms with van der Waals surface area (Å²) in [7, 11) is 0. The van der Waals surface area contributed by atoms with Gasteiger partial charge < -0.3 is 10.6 Å². The van der Waals surface area contributed by atoms with Gasteiger partial charge in [0, 0.05) is 23.4 Å². The van der Waals surface area contributed by atoms with E-state index in [0.717, 1.165) is 35.9 Å². The molecule has 0 bridgehead atoms. The number of carbonyl (C=O) groups excluding carboxylic acids is 1. The van der Waals surface area contributed by atoms with Crippen LogP contribution in [0, 0.1) is 18.8 Å². The van der Waals surface area contributed by atoms with E-state index in [1.54, 1.807) is 6.20 Å². The largest absolute Gasteiger partial charge is 0.326 e. The first-order valence-corrected chi connectivity index (χ1v) is 7.55. The quantitative estimate of drug-likeness (QED) is 0.908. The normalized spacial score (nSPS) is 15.9. The molecule has 1 atom stereocenters. The highest BCUT2D eigenvalue weighted by molar-refractivity contribution is 5.93. The summed E-state index contributed by atoms with van der Waals surface area (Å²) in [6.07, 6.45) is 1.74. The van der Waals surface area contributed by atoms with Gasteiger partial charge in [-0.3, -0.25) is 4.79 Å². The zero-order chi connectivity index (χ0) is 15.5. The molecule has 0 spiro atoms. The van der Waals surface area contributed by atoms with Crippen molar-refractivity contribution in [3.8, 4) is 11.3 Å². The number of carbonyl (C=O) groups is 1. The van der Waals surface area contributed by atoms with Crippen LogP contribution in [0.15, 0.2) is 36.5 Å². The highest BCUT2D eigenvalue weighted by atomic mass is 16.1. The summed E-state index contributed by atoms with van der Waals surface area (Å²) in [6.45, 7) is 5.70. The molecule has 114 valence electrons. The maximum atomic E-state index is 12.3. The smallest absolute Gasteiger partial charge is 0.227 e. The lowest BCUT2D eigenvalue weighted by molar-refractivity contribution is -0.121. The lowest BCUT2D eigenvalue weighted by Gasteiger charge is -2.31. The standard InChI is InChI=1S/C17H20N4O/c1-11(14-9-18-10-14)17(22)21-15-5-3-4-13(8-15)16-6-7-19-12(2)20-16/h3-8,11,14,18H,9-10H2,1-2H3,(H,21,22). The van der Waals surface area contributed by atoms with Gasteiger partial charge in [-0.15, -0.1) is 0 Å². The number of hydrogen-bond donors (Lipinski definition) is 2. The molecule has 1 fully saturated rings. The lowest BCUT2D eigenvalue weighted by atomic mass is 9.88. The van der Waals surface area contributed by atoms with E-state index < -0.39 is 0 Å². The number of rotatable bonds is 4. The van der Waals surface area contributed by atoms with Crippen LogP contribution in [0.1, 0.15) is 12.7 Å². The first-order chi connectivity index (χ1) is 10.6. The Hall–Kier alpha value is -2.27. The van der Waals surface area contributed by atoms with E-state index in [9.17, 15) is 4.79 Å². The van der Waals surface area contributed by atoms with Crippen LogP contribution < -0.4 is 10.6 Å². The van der Waals surface area contributed by atoms with Crippen LogP contribution in [-0.2, 0) is 4.79 Å². The number of nitrogens with one attached hydrogen (secondary N) is 2. The summed E-state index contributed by atoms with van der Waals surface area (Å²) in [4.78, 5) is 20.8. The van der Waals surface area contributed by atoms with Gasteiger partial charge in [-0.25, -0.2) is 9.97 Å². The van der Waals surface area contributed by atoms with Crippen molar-refractivity contribution in [2.45, 2.75) is 13.8 Å². The molecular formula is C17H20N4O. The van der Waals surface area contributed by atoms with Gasteiger partial charge >= 0.3 is 0 Å². The number of aromatic nitrogens is 2. The molecule has 3 rings (SSSR count). The molecule has 5 nitrogen and oxygen atoms in total. The van der Waals surface area contributed by atoms with Crippen LogP contribution in [0.3, 0.4) is 0 Å². The molecule has 1 aromatic carbocycles. The Morgan fingerprint density at radius 1 is 1.36 bits per heavy atom. The third-order valence-corrected chi connectivity index (χ3v) is 4.14. The van der Waals surface area contributed by atoms with E-state index in [4.69, 9.17) is 0 Å². The molecule has 0 radical (unpaired) electrons. The number of amides is 1. The Labute approximate surface area is 130 Å². The maximum Gasteiger partial charge on any atom is 0.227 e. The molecule has 0 aliphatic carbocycles. The Balaban J connectivity index is 1.75. The van der Waals surface area contributed by atoms with Crippen LogP contribution in [0.2, 0.25) is 0 Å². The lowest BCUT2D eigenvalue weighted by Crippen LogP contribution is -2.48. The van der Waals surface area contributed by atoms with Crippen molar-refractivity contribution < 1.29 is 4.79 Å². The Kier molecular flexibility index (Phi) is 4.15. The second-order valence-corrected chi connectivity index (χ2v) is 5.77. The number of nitrogens with zero attached hydrogens (tertiary/aromatic N) is 2. The molecule has 0 saturated carbocycles. The third-order valence-electron chi connectivity index (χ3n) is 4.14. The van der Waals surface area contributed by atoms with Crippen LogP contribution in [0.5, 0.6) is 0 Å². The van der Waals surface area contributed by atoms with Crippen molar-refractivity contribution in [1.82, 2.24) is 15.3 Å². The molecule has 1 saturated heterocycles. The summed E-state index contributed by atoms with van der Waals surface area (Å²) in [5, 5.41) is 6.21. The van der Waals surface area contributed by atoms with E-state index in [2.05, 4.69) is 20.6 Å². The maximum absolute atomic E-state index is 12.3. The average Bonchev–Trinajstić information content (AvgIpc) is 2.45. The van der Waals surface area contributed by atoms with E-state index in [0.29, 0.717) is 5.92 Å². The van der Waals surface area contributed by atoms with Crippen molar-refractivity contribution in [2.75, 3.05) is 18.4 Å². The van der Waals surface area contributed by atoms with E-state index in [-0.39, 0.29) is 11.8 Å². The topological polar surface area (TPSA) is 66.9 Å². The fourth-order valence-corrected chi connectivity index (χ4v) is 2.51. The predicted octanol–water partition coefficient (Wildman–Crippen LogP) is 2.25. The first kappa shape index (κ1) is 14.7. The Morgan fingerprint density at radius 3 is 2.86 bits per heavy atom. The van der Waals surface area contributed by atoms with Gasteiger partial charge in [-0.1, -0.05) is 19.1 Å². The number of hydrogen-bond acceptors (Lipinski definition) is 4. The van der Waals surface area contributed by atoms with E-state index in [1.807, 2.05) is 44.2 Å². The average molecular weight is 296 g/mol.